The summed E-state index contributed by atoms with van der Waals surface area (Å²) in [6.45, 7) is 4.41. The molecule has 0 radical (unpaired) electrons. The predicted octanol–water partition coefficient (Wildman–Crippen LogP) is 2.97. The Labute approximate surface area is 117 Å². The van der Waals surface area contributed by atoms with Gasteiger partial charge in [0.05, 0.1) is 11.4 Å². The molecule has 0 atom stereocenters. The molecular weight excluding hydrogens is 236 g/mol. The quantitative estimate of drug-likeness (QED) is 0.909. The molecule has 1 aliphatic carbocycles. The third-order valence-corrected chi connectivity index (χ3v) is 4.74. The van der Waals surface area contributed by atoms with Gasteiger partial charge >= 0.3 is 0 Å². The zero-order valence-electron chi connectivity index (χ0n) is 12.8. The van der Waals surface area contributed by atoms with Crippen LogP contribution in [0.5, 0.6) is 0 Å². The van der Waals surface area contributed by atoms with E-state index in [1.54, 1.807) is 0 Å². The van der Waals surface area contributed by atoms with Crippen LogP contribution >= 0.6 is 0 Å². The van der Waals surface area contributed by atoms with E-state index in [0.29, 0.717) is 6.04 Å². The lowest BCUT2D eigenvalue weighted by molar-refractivity contribution is 0.312. The van der Waals surface area contributed by atoms with Crippen molar-refractivity contribution >= 4 is 11.5 Å². The molecule has 19 heavy (non-hydrogen) atoms. The Balaban J connectivity index is 2.12. The van der Waals surface area contributed by atoms with Gasteiger partial charge in [-0.1, -0.05) is 20.3 Å². The number of nitrogens with two attached hydrogens (primary N) is 1. The maximum absolute atomic E-state index is 6.25. The topological polar surface area (TPSA) is 47.1 Å². The third kappa shape index (κ3) is 2.72. The van der Waals surface area contributed by atoms with Gasteiger partial charge in [-0.2, -0.15) is 5.10 Å². The second-order valence-corrected chi connectivity index (χ2v) is 5.85. The molecule has 108 valence electrons. The molecule has 1 aliphatic rings. The normalized spacial score (nSPS) is 23.6. The number of hydrogen-bond donors (Lipinski definition) is 1. The summed E-state index contributed by atoms with van der Waals surface area (Å²) in [5.74, 6) is 2.02. The second-order valence-electron chi connectivity index (χ2n) is 5.85. The summed E-state index contributed by atoms with van der Waals surface area (Å²) in [5.41, 5.74) is 8.14. The van der Waals surface area contributed by atoms with Crippen LogP contribution in [0, 0.1) is 5.92 Å². The fraction of sp³-hybridized carbons (Fsp3) is 0.800. The molecule has 0 aromatic carbocycles. The van der Waals surface area contributed by atoms with Gasteiger partial charge in [-0.15, -0.1) is 0 Å². The van der Waals surface area contributed by atoms with E-state index in [4.69, 9.17) is 5.73 Å². The molecule has 0 aliphatic heterocycles. The lowest BCUT2D eigenvalue weighted by Crippen LogP contribution is -2.36. The first-order valence-corrected chi connectivity index (χ1v) is 7.62. The van der Waals surface area contributed by atoms with Crippen LogP contribution in [0.1, 0.15) is 51.6 Å². The van der Waals surface area contributed by atoms with Crippen molar-refractivity contribution in [1.82, 2.24) is 9.78 Å². The van der Waals surface area contributed by atoms with Gasteiger partial charge in [-0.05, 0) is 38.0 Å². The van der Waals surface area contributed by atoms with E-state index < -0.39 is 0 Å². The Bertz CT molecular complexity index is 416. The van der Waals surface area contributed by atoms with E-state index in [9.17, 15) is 0 Å². The number of rotatable bonds is 4. The SMILES string of the molecule is CCc1nn(C)c(N(C)C2CCC(CC)CC2)c1N. The number of aromatic nitrogens is 2. The highest BCUT2D eigenvalue weighted by Gasteiger charge is 2.26. The van der Waals surface area contributed by atoms with Crippen LogP contribution in [0.4, 0.5) is 11.5 Å². The predicted molar refractivity (Wildman–Crippen MR) is 81.4 cm³/mol. The zero-order chi connectivity index (χ0) is 14.0. The summed E-state index contributed by atoms with van der Waals surface area (Å²) in [6.07, 6.45) is 7.48. The van der Waals surface area contributed by atoms with E-state index in [2.05, 4.69) is 30.9 Å². The molecule has 1 heterocycles. The van der Waals surface area contributed by atoms with Crippen LogP contribution in [-0.2, 0) is 13.5 Å². The second kappa shape index (κ2) is 5.85. The average Bonchev–Trinajstić information content (AvgIpc) is 2.72. The maximum atomic E-state index is 6.25. The van der Waals surface area contributed by atoms with E-state index >= 15 is 0 Å². The van der Waals surface area contributed by atoms with Crippen LogP contribution in [0.25, 0.3) is 0 Å². The number of aryl methyl sites for hydroxylation is 2. The number of hydrogen-bond acceptors (Lipinski definition) is 3. The summed E-state index contributed by atoms with van der Waals surface area (Å²) in [7, 11) is 4.17. The molecule has 2 N–H and O–H groups in total. The molecule has 2 rings (SSSR count). The van der Waals surface area contributed by atoms with Gasteiger partial charge in [0.2, 0.25) is 0 Å². The Morgan fingerprint density at radius 2 is 1.89 bits per heavy atom. The van der Waals surface area contributed by atoms with Gasteiger partial charge in [-0.25, -0.2) is 0 Å². The first-order chi connectivity index (χ1) is 9.08. The number of nitrogens with zero attached hydrogens (tertiary/aromatic N) is 3. The lowest BCUT2D eigenvalue weighted by atomic mass is 9.84. The van der Waals surface area contributed by atoms with E-state index in [-0.39, 0.29) is 0 Å². The summed E-state index contributed by atoms with van der Waals surface area (Å²) in [5, 5.41) is 4.53. The molecule has 0 spiro atoms. The summed E-state index contributed by atoms with van der Waals surface area (Å²) in [6, 6.07) is 0.616. The summed E-state index contributed by atoms with van der Waals surface area (Å²) < 4.78 is 1.94. The molecule has 0 bridgehead atoms. The molecule has 4 heteroatoms. The van der Waals surface area contributed by atoms with Crippen molar-refractivity contribution in [3.8, 4) is 0 Å². The smallest absolute Gasteiger partial charge is 0.150 e. The minimum atomic E-state index is 0.616. The molecule has 0 amide bonds. The minimum absolute atomic E-state index is 0.616. The molecule has 1 saturated carbocycles. The van der Waals surface area contributed by atoms with Crippen molar-refractivity contribution in [2.75, 3.05) is 17.7 Å². The first kappa shape index (κ1) is 14.2. The summed E-state index contributed by atoms with van der Waals surface area (Å²) in [4.78, 5) is 2.35. The Hall–Kier alpha value is -1.19. The van der Waals surface area contributed by atoms with Gasteiger partial charge in [0.1, 0.15) is 5.82 Å². The van der Waals surface area contributed by atoms with Gasteiger partial charge < -0.3 is 10.6 Å². The summed E-state index contributed by atoms with van der Waals surface area (Å²) >= 11 is 0. The highest BCUT2D eigenvalue weighted by molar-refractivity contribution is 5.66. The molecule has 1 aromatic rings. The Morgan fingerprint density at radius 3 is 2.37 bits per heavy atom. The van der Waals surface area contributed by atoms with Crippen LogP contribution in [0.3, 0.4) is 0 Å². The van der Waals surface area contributed by atoms with Gasteiger partial charge in [-0.3, -0.25) is 4.68 Å². The Morgan fingerprint density at radius 1 is 1.26 bits per heavy atom. The first-order valence-electron chi connectivity index (χ1n) is 7.62. The van der Waals surface area contributed by atoms with Gasteiger partial charge in [0.25, 0.3) is 0 Å². The Kier molecular flexibility index (Phi) is 4.38. The monoisotopic (exact) mass is 264 g/mol. The van der Waals surface area contributed by atoms with Crippen molar-refractivity contribution in [3.63, 3.8) is 0 Å². The van der Waals surface area contributed by atoms with Crippen molar-refractivity contribution < 1.29 is 0 Å². The van der Waals surface area contributed by atoms with Crippen LogP contribution in [0.15, 0.2) is 0 Å². The van der Waals surface area contributed by atoms with Crippen LogP contribution < -0.4 is 10.6 Å². The highest BCUT2D eigenvalue weighted by Crippen LogP contribution is 2.34. The van der Waals surface area contributed by atoms with Crippen molar-refractivity contribution in [2.45, 2.75) is 58.4 Å². The fourth-order valence-electron chi connectivity index (χ4n) is 3.38. The molecule has 1 aromatic heterocycles. The third-order valence-electron chi connectivity index (χ3n) is 4.74. The molecular formula is C15H28N4. The van der Waals surface area contributed by atoms with Crippen molar-refractivity contribution in [1.29, 1.82) is 0 Å². The molecule has 0 unspecified atom stereocenters. The molecule has 4 nitrogen and oxygen atoms in total. The standard InChI is InChI=1S/C15H28N4/c1-5-11-7-9-12(10-8-11)18(3)15-14(16)13(6-2)17-19(15)4/h11-12H,5-10,16H2,1-4H3. The molecule has 1 fully saturated rings. The zero-order valence-corrected chi connectivity index (χ0v) is 12.8. The molecule has 0 saturated heterocycles. The maximum Gasteiger partial charge on any atom is 0.150 e. The fourth-order valence-corrected chi connectivity index (χ4v) is 3.38. The minimum Gasteiger partial charge on any atom is -0.394 e. The van der Waals surface area contributed by atoms with Crippen LogP contribution in [0.2, 0.25) is 0 Å². The van der Waals surface area contributed by atoms with E-state index in [1.165, 1.54) is 32.1 Å². The highest BCUT2D eigenvalue weighted by atomic mass is 15.4. The average molecular weight is 264 g/mol. The van der Waals surface area contributed by atoms with Crippen molar-refractivity contribution in [2.24, 2.45) is 13.0 Å². The lowest BCUT2D eigenvalue weighted by Gasteiger charge is -2.35. The number of nitrogen functional groups attached to an aromatic ring is 1. The van der Waals surface area contributed by atoms with E-state index in [0.717, 1.165) is 29.5 Å². The van der Waals surface area contributed by atoms with Crippen LogP contribution in [-0.4, -0.2) is 22.9 Å². The van der Waals surface area contributed by atoms with E-state index in [1.807, 2.05) is 11.7 Å². The van der Waals surface area contributed by atoms with Gasteiger partial charge in [0, 0.05) is 20.1 Å². The largest absolute Gasteiger partial charge is 0.394 e. The number of anilines is 2. The van der Waals surface area contributed by atoms with Crippen molar-refractivity contribution in [3.05, 3.63) is 5.69 Å². The van der Waals surface area contributed by atoms with Gasteiger partial charge in [0.15, 0.2) is 0 Å².